The Morgan fingerprint density at radius 1 is 0.805 bits per heavy atom. The molecule has 41 heavy (non-hydrogen) atoms. The second-order valence-corrected chi connectivity index (χ2v) is 8.89. The van der Waals surface area contributed by atoms with E-state index in [4.69, 9.17) is 23.9 Å². The van der Waals surface area contributed by atoms with Gasteiger partial charge in [-0.3, -0.25) is 5.10 Å². The van der Waals surface area contributed by atoms with Crippen LogP contribution >= 0.6 is 0 Å². The number of H-pyrrole nitrogens is 1. The first kappa shape index (κ1) is 27.6. The van der Waals surface area contributed by atoms with Crippen LogP contribution in [0.2, 0.25) is 0 Å². The van der Waals surface area contributed by atoms with E-state index in [1.807, 2.05) is 24.3 Å². The summed E-state index contributed by atoms with van der Waals surface area (Å²) in [4.78, 5) is 16.0. The minimum absolute atomic E-state index is 0.252. The van der Waals surface area contributed by atoms with Gasteiger partial charge >= 0.3 is 12.1 Å². The van der Waals surface area contributed by atoms with Crippen LogP contribution in [0.15, 0.2) is 54.6 Å². The summed E-state index contributed by atoms with van der Waals surface area (Å²) in [5, 5.41) is 9.75. The fourth-order valence-corrected chi connectivity index (χ4v) is 4.57. The van der Waals surface area contributed by atoms with Gasteiger partial charge in [0.2, 0.25) is 0 Å². The minimum atomic E-state index is -5.11. The van der Waals surface area contributed by atoms with Crippen molar-refractivity contribution in [3.8, 4) is 40.0 Å². The van der Waals surface area contributed by atoms with Crippen LogP contribution in [0.5, 0.6) is 28.7 Å². The number of nitrogens with one attached hydrogen (secondary N) is 1. The van der Waals surface area contributed by atoms with Crippen LogP contribution in [0.4, 0.5) is 13.2 Å². The average molecular weight is 568 g/mol. The smallest absolute Gasteiger partial charge is 0.491 e. The third-order valence-electron chi connectivity index (χ3n) is 6.49. The van der Waals surface area contributed by atoms with Crippen LogP contribution < -0.4 is 23.7 Å². The van der Waals surface area contributed by atoms with Crippen molar-refractivity contribution in [2.45, 2.75) is 12.6 Å². The zero-order chi connectivity index (χ0) is 29.3. The standard InChI is InChI=1S/C29H24F3N3O6/c1-37-21-10-5-15(12-22(21)38-2)11-20-25-18-13-23(39-3)24(40-4)14-19(18)26(33-27(25)35-34-20)16-6-8-17(9-7-16)41-28(36)29(30,31)32/h5-10,12-14H,11H2,1-4H3,(H,33,34,35). The van der Waals surface area contributed by atoms with Gasteiger partial charge in [0.05, 0.1) is 39.5 Å². The normalized spacial score (nSPS) is 11.5. The molecule has 5 aromatic rings. The number of fused-ring (bicyclic) bond motifs is 3. The van der Waals surface area contributed by atoms with Gasteiger partial charge in [-0.1, -0.05) is 6.07 Å². The van der Waals surface area contributed by atoms with Gasteiger partial charge in [0.15, 0.2) is 28.6 Å². The molecule has 12 heteroatoms. The van der Waals surface area contributed by atoms with Crippen molar-refractivity contribution >= 4 is 27.8 Å². The molecule has 0 radical (unpaired) electrons. The average Bonchev–Trinajstić information content (AvgIpc) is 3.38. The molecule has 9 nitrogen and oxygen atoms in total. The van der Waals surface area contributed by atoms with Crippen molar-refractivity contribution in [2.24, 2.45) is 0 Å². The Hall–Kier alpha value is -5.00. The van der Waals surface area contributed by atoms with Crippen molar-refractivity contribution < 1.29 is 41.7 Å². The number of carbonyl (C=O) groups is 1. The number of halogens is 3. The van der Waals surface area contributed by atoms with Crippen LogP contribution in [0.1, 0.15) is 11.3 Å². The molecule has 0 aliphatic carbocycles. The number of hydrogen-bond donors (Lipinski definition) is 1. The van der Waals surface area contributed by atoms with Crippen LogP contribution in [-0.2, 0) is 11.2 Å². The number of rotatable bonds is 8. The highest BCUT2D eigenvalue weighted by molar-refractivity contribution is 6.12. The second kappa shape index (κ2) is 10.9. The van der Waals surface area contributed by atoms with E-state index in [2.05, 4.69) is 14.9 Å². The van der Waals surface area contributed by atoms with E-state index in [0.717, 1.165) is 22.0 Å². The number of carbonyl (C=O) groups excluding carboxylic acids is 1. The summed E-state index contributed by atoms with van der Waals surface area (Å²) in [6.45, 7) is 0. The molecule has 3 aromatic carbocycles. The van der Waals surface area contributed by atoms with Gasteiger partial charge in [-0.05, 0) is 54.1 Å². The quantitative estimate of drug-likeness (QED) is 0.183. The summed E-state index contributed by atoms with van der Waals surface area (Å²) in [5.74, 6) is -0.397. The Labute approximate surface area is 231 Å². The van der Waals surface area contributed by atoms with Gasteiger partial charge in [0.1, 0.15) is 5.75 Å². The van der Waals surface area contributed by atoms with Crippen molar-refractivity contribution in [1.82, 2.24) is 15.2 Å². The van der Waals surface area contributed by atoms with E-state index in [1.54, 1.807) is 20.3 Å². The molecule has 0 aliphatic heterocycles. The lowest BCUT2D eigenvalue weighted by Gasteiger charge is -2.14. The van der Waals surface area contributed by atoms with Gasteiger partial charge in [-0.2, -0.15) is 18.3 Å². The Bertz CT molecular complexity index is 1750. The molecule has 0 saturated heterocycles. The van der Waals surface area contributed by atoms with E-state index in [-0.39, 0.29) is 5.75 Å². The van der Waals surface area contributed by atoms with Crippen LogP contribution in [0, 0.1) is 0 Å². The van der Waals surface area contributed by atoms with Gasteiger partial charge < -0.3 is 23.7 Å². The molecule has 0 bridgehead atoms. The zero-order valence-electron chi connectivity index (χ0n) is 22.4. The van der Waals surface area contributed by atoms with Crippen molar-refractivity contribution in [1.29, 1.82) is 0 Å². The summed E-state index contributed by atoms with van der Waals surface area (Å²) in [7, 11) is 6.18. The zero-order valence-corrected chi connectivity index (χ0v) is 22.4. The number of aromatic amines is 1. The van der Waals surface area contributed by atoms with E-state index < -0.39 is 12.1 Å². The summed E-state index contributed by atoms with van der Waals surface area (Å²) >= 11 is 0. The van der Waals surface area contributed by atoms with Crippen molar-refractivity contribution in [2.75, 3.05) is 28.4 Å². The first-order chi connectivity index (χ1) is 19.7. The number of pyridine rings is 1. The summed E-state index contributed by atoms with van der Waals surface area (Å²) in [6, 6.07) is 14.8. The predicted molar refractivity (Wildman–Crippen MR) is 144 cm³/mol. The Morgan fingerprint density at radius 2 is 1.41 bits per heavy atom. The third-order valence-corrected chi connectivity index (χ3v) is 6.49. The molecule has 0 aliphatic rings. The minimum Gasteiger partial charge on any atom is -0.493 e. The number of nitrogens with zero attached hydrogens (tertiary/aromatic N) is 2. The first-order valence-corrected chi connectivity index (χ1v) is 12.2. The molecule has 0 fully saturated rings. The molecule has 0 unspecified atom stereocenters. The molecular formula is C29H24F3N3O6. The molecule has 0 saturated carbocycles. The number of ether oxygens (including phenoxy) is 5. The Balaban J connectivity index is 1.64. The molecule has 5 rings (SSSR count). The topological polar surface area (TPSA) is 105 Å². The van der Waals surface area contributed by atoms with Crippen LogP contribution in [0.25, 0.3) is 33.1 Å². The molecule has 1 N–H and O–H groups in total. The lowest BCUT2D eigenvalue weighted by molar-refractivity contribution is -0.189. The van der Waals surface area contributed by atoms with Crippen molar-refractivity contribution in [3.05, 3.63) is 65.9 Å². The Kier molecular flexibility index (Phi) is 7.31. The fraction of sp³-hybridized carbons (Fsp3) is 0.207. The van der Waals surface area contributed by atoms with Crippen molar-refractivity contribution in [3.63, 3.8) is 0 Å². The number of benzene rings is 3. The van der Waals surface area contributed by atoms with Crippen LogP contribution in [0.3, 0.4) is 0 Å². The maximum absolute atomic E-state index is 12.6. The number of aromatic nitrogens is 3. The summed E-state index contributed by atoms with van der Waals surface area (Å²) in [6.07, 6.45) is -4.63. The maximum atomic E-state index is 12.6. The second-order valence-electron chi connectivity index (χ2n) is 8.89. The highest BCUT2D eigenvalue weighted by atomic mass is 19.4. The number of esters is 1. The number of alkyl halides is 3. The summed E-state index contributed by atoms with van der Waals surface area (Å²) < 4.78 is 64.2. The third kappa shape index (κ3) is 5.28. The molecule has 212 valence electrons. The molecule has 0 spiro atoms. The van der Waals surface area contributed by atoms with E-state index in [0.29, 0.717) is 51.7 Å². The monoisotopic (exact) mass is 567 g/mol. The molecule has 2 heterocycles. The van der Waals surface area contributed by atoms with Gasteiger partial charge in [-0.25, -0.2) is 9.78 Å². The molecule has 0 atom stereocenters. The highest BCUT2D eigenvalue weighted by Crippen LogP contribution is 2.41. The largest absolute Gasteiger partial charge is 0.493 e. The first-order valence-electron chi connectivity index (χ1n) is 12.2. The maximum Gasteiger partial charge on any atom is 0.491 e. The number of hydrogen-bond acceptors (Lipinski definition) is 8. The molecule has 2 aromatic heterocycles. The molecular weight excluding hydrogens is 543 g/mol. The van der Waals surface area contributed by atoms with Gasteiger partial charge in [0, 0.05) is 28.5 Å². The Morgan fingerprint density at radius 3 is 2.02 bits per heavy atom. The van der Waals surface area contributed by atoms with E-state index in [1.165, 1.54) is 38.5 Å². The molecule has 0 amide bonds. The number of methoxy groups -OCH3 is 4. The lowest BCUT2D eigenvalue weighted by atomic mass is 9.98. The predicted octanol–water partition coefficient (Wildman–Crippen LogP) is 5.87. The lowest BCUT2D eigenvalue weighted by Crippen LogP contribution is -2.27. The van der Waals surface area contributed by atoms with Gasteiger partial charge in [-0.15, -0.1) is 0 Å². The summed E-state index contributed by atoms with van der Waals surface area (Å²) in [5.41, 5.74) is 3.20. The SMILES string of the molecule is COc1ccc(Cc2[nH]nc3nc(-c4ccc(OC(=O)C(F)(F)F)cc4)c4cc(OC)c(OC)cc4c23)cc1OC. The van der Waals surface area contributed by atoms with Crippen LogP contribution in [-0.4, -0.2) is 55.8 Å². The highest BCUT2D eigenvalue weighted by Gasteiger charge is 2.41. The van der Waals surface area contributed by atoms with E-state index >= 15 is 0 Å². The van der Waals surface area contributed by atoms with E-state index in [9.17, 15) is 18.0 Å². The fourth-order valence-electron chi connectivity index (χ4n) is 4.57. The van der Waals surface area contributed by atoms with Gasteiger partial charge in [0.25, 0.3) is 0 Å².